The molecule has 1 aliphatic rings. The molecule has 4 heteroatoms. The highest BCUT2D eigenvalue weighted by Gasteiger charge is 2.19. The molecule has 1 atom stereocenters. The van der Waals surface area contributed by atoms with E-state index in [1.54, 1.807) is 0 Å². The van der Waals surface area contributed by atoms with Crippen molar-refractivity contribution in [3.8, 4) is 0 Å². The quantitative estimate of drug-likeness (QED) is 0.658. The summed E-state index contributed by atoms with van der Waals surface area (Å²) < 4.78 is 0. The molecule has 0 amide bonds. The first kappa shape index (κ1) is 12.1. The number of pyridine rings is 1. The molecule has 1 aliphatic heterocycles. The fourth-order valence-corrected chi connectivity index (χ4v) is 2.80. The third kappa shape index (κ3) is 1.95. The third-order valence-corrected chi connectivity index (χ3v) is 4.01. The molecule has 0 radical (unpaired) electrons. The van der Waals surface area contributed by atoms with Crippen LogP contribution in [0, 0.1) is 0 Å². The molecule has 1 unspecified atom stereocenters. The monoisotopic (exact) mass is 278 g/mol. The minimum atomic E-state index is 0.191. The molecule has 0 spiro atoms. The van der Waals surface area contributed by atoms with Crippen LogP contribution in [0.25, 0.3) is 10.8 Å². The van der Waals surface area contributed by atoms with Crippen molar-refractivity contribution in [1.82, 2.24) is 4.98 Å². The summed E-state index contributed by atoms with van der Waals surface area (Å²) in [5.74, 6) is 0. The standard InChI is InChI=1S/C14H15ClN2S/c1-9(18)10-3-4-13(17-5-2-6-17)12-8-16-14(15)7-11(10)12/h3-4,7-9,18H,2,5-6H2,1H3. The summed E-state index contributed by atoms with van der Waals surface area (Å²) in [6.45, 7) is 4.34. The normalized spacial score (nSPS) is 16.7. The van der Waals surface area contributed by atoms with Crippen LogP contribution in [0.3, 0.4) is 0 Å². The zero-order chi connectivity index (χ0) is 12.7. The van der Waals surface area contributed by atoms with Crippen LogP contribution in [0.2, 0.25) is 5.15 Å². The van der Waals surface area contributed by atoms with Crippen LogP contribution in [0.15, 0.2) is 24.4 Å². The highest BCUT2D eigenvalue weighted by atomic mass is 35.5. The van der Waals surface area contributed by atoms with Crippen LogP contribution >= 0.6 is 24.2 Å². The van der Waals surface area contributed by atoms with Gasteiger partial charge in [0, 0.05) is 35.6 Å². The lowest BCUT2D eigenvalue weighted by Gasteiger charge is -2.34. The Morgan fingerprint density at radius 3 is 2.72 bits per heavy atom. The Hall–Kier alpha value is -0.930. The van der Waals surface area contributed by atoms with Crippen LogP contribution in [0.4, 0.5) is 5.69 Å². The Balaban J connectivity index is 2.25. The number of anilines is 1. The first-order valence-corrected chi connectivity index (χ1v) is 7.07. The smallest absolute Gasteiger partial charge is 0.129 e. The van der Waals surface area contributed by atoms with Gasteiger partial charge in [-0.3, -0.25) is 0 Å². The number of hydrogen-bond acceptors (Lipinski definition) is 3. The number of thiol groups is 1. The summed E-state index contributed by atoms with van der Waals surface area (Å²) >= 11 is 10.6. The first-order chi connectivity index (χ1) is 8.66. The number of benzene rings is 1. The second kappa shape index (κ2) is 4.63. The van der Waals surface area contributed by atoms with E-state index in [-0.39, 0.29) is 5.25 Å². The lowest BCUT2D eigenvalue weighted by atomic mass is 10.0. The van der Waals surface area contributed by atoms with Gasteiger partial charge in [0.2, 0.25) is 0 Å². The summed E-state index contributed by atoms with van der Waals surface area (Å²) in [7, 11) is 0. The molecule has 3 rings (SSSR count). The molecule has 2 heterocycles. The maximum Gasteiger partial charge on any atom is 0.129 e. The molecule has 1 saturated heterocycles. The first-order valence-electron chi connectivity index (χ1n) is 6.18. The summed E-state index contributed by atoms with van der Waals surface area (Å²) in [5.41, 5.74) is 2.47. The van der Waals surface area contributed by atoms with E-state index in [0.717, 1.165) is 13.1 Å². The van der Waals surface area contributed by atoms with Gasteiger partial charge in [0.25, 0.3) is 0 Å². The topological polar surface area (TPSA) is 16.1 Å². The van der Waals surface area contributed by atoms with E-state index in [2.05, 4.69) is 41.6 Å². The number of hydrogen-bond donors (Lipinski definition) is 1. The molecule has 0 bridgehead atoms. The van der Waals surface area contributed by atoms with Crippen LogP contribution in [0.1, 0.15) is 24.2 Å². The molecule has 0 aliphatic carbocycles. The Labute approximate surface area is 117 Å². The maximum absolute atomic E-state index is 6.03. The van der Waals surface area contributed by atoms with Crippen molar-refractivity contribution in [2.75, 3.05) is 18.0 Å². The van der Waals surface area contributed by atoms with E-state index in [4.69, 9.17) is 11.6 Å². The Bertz CT molecular complexity index is 594. The molecule has 1 aromatic carbocycles. The van der Waals surface area contributed by atoms with Gasteiger partial charge in [0.1, 0.15) is 5.15 Å². The molecular formula is C14H15ClN2S. The predicted octanol–water partition coefficient (Wildman–Crippen LogP) is 4.09. The van der Waals surface area contributed by atoms with Gasteiger partial charge in [0.15, 0.2) is 0 Å². The molecule has 1 aromatic heterocycles. The van der Waals surface area contributed by atoms with Crippen molar-refractivity contribution in [3.05, 3.63) is 35.1 Å². The highest BCUT2D eigenvalue weighted by molar-refractivity contribution is 7.80. The van der Waals surface area contributed by atoms with Gasteiger partial charge < -0.3 is 4.90 Å². The van der Waals surface area contributed by atoms with Gasteiger partial charge in [0.05, 0.1) is 0 Å². The second-order valence-corrected chi connectivity index (χ2v) is 5.90. The molecule has 18 heavy (non-hydrogen) atoms. The van der Waals surface area contributed by atoms with Gasteiger partial charge in [-0.15, -0.1) is 0 Å². The van der Waals surface area contributed by atoms with Crippen LogP contribution < -0.4 is 4.90 Å². The van der Waals surface area contributed by atoms with E-state index in [1.165, 1.54) is 28.4 Å². The molecule has 2 nitrogen and oxygen atoms in total. The number of halogens is 1. The van der Waals surface area contributed by atoms with Crippen LogP contribution in [-0.4, -0.2) is 18.1 Å². The van der Waals surface area contributed by atoms with Crippen molar-refractivity contribution in [1.29, 1.82) is 0 Å². The summed E-state index contributed by atoms with van der Waals surface area (Å²) in [6.07, 6.45) is 3.15. The van der Waals surface area contributed by atoms with Gasteiger partial charge >= 0.3 is 0 Å². The van der Waals surface area contributed by atoms with Gasteiger partial charge in [-0.2, -0.15) is 12.6 Å². The summed E-state index contributed by atoms with van der Waals surface area (Å²) in [6, 6.07) is 6.28. The van der Waals surface area contributed by atoms with Crippen molar-refractivity contribution in [3.63, 3.8) is 0 Å². The largest absolute Gasteiger partial charge is 0.371 e. The minimum absolute atomic E-state index is 0.191. The average Bonchev–Trinajstić information content (AvgIpc) is 2.26. The molecule has 2 aromatic rings. The van der Waals surface area contributed by atoms with Gasteiger partial charge in [-0.25, -0.2) is 4.98 Å². The van der Waals surface area contributed by atoms with E-state index < -0.39 is 0 Å². The highest BCUT2D eigenvalue weighted by Crippen LogP contribution is 2.36. The molecular weight excluding hydrogens is 264 g/mol. The Morgan fingerprint density at radius 2 is 2.11 bits per heavy atom. The molecule has 0 saturated carbocycles. The summed E-state index contributed by atoms with van der Waals surface area (Å²) in [4.78, 5) is 6.60. The zero-order valence-electron chi connectivity index (χ0n) is 10.2. The average molecular weight is 279 g/mol. The lowest BCUT2D eigenvalue weighted by Crippen LogP contribution is -2.37. The van der Waals surface area contributed by atoms with E-state index in [1.807, 2.05) is 12.3 Å². The number of fused-ring (bicyclic) bond motifs is 1. The zero-order valence-corrected chi connectivity index (χ0v) is 11.9. The van der Waals surface area contributed by atoms with E-state index in [9.17, 15) is 0 Å². The molecule has 1 fully saturated rings. The maximum atomic E-state index is 6.03. The SMILES string of the molecule is CC(S)c1ccc(N2CCC2)c2cnc(Cl)cc12. The fraction of sp³-hybridized carbons (Fsp3) is 0.357. The van der Waals surface area contributed by atoms with E-state index >= 15 is 0 Å². The number of rotatable bonds is 2. The van der Waals surface area contributed by atoms with Crippen LogP contribution in [-0.2, 0) is 0 Å². The summed E-state index contributed by atoms with van der Waals surface area (Å²) in [5, 5.41) is 3.08. The predicted molar refractivity (Wildman–Crippen MR) is 81.0 cm³/mol. The number of nitrogens with zero attached hydrogens (tertiary/aromatic N) is 2. The van der Waals surface area contributed by atoms with Crippen molar-refractivity contribution in [2.45, 2.75) is 18.6 Å². The Morgan fingerprint density at radius 1 is 1.33 bits per heavy atom. The van der Waals surface area contributed by atoms with Crippen molar-refractivity contribution in [2.24, 2.45) is 0 Å². The second-order valence-electron chi connectivity index (χ2n) is 4.74. The van der Waals surface area contributed by atoms with E-state index in [0.29, 0.717) is 5.15 Å². The minimum Gasteiger partial charge on any atom is -0.371 e. The van der Waals surface area contributed by atoms with Crippen LogP contribution in [0.5, 0.6) is 0 Å². The van der Waals surface area contributed by atoms with Crippen molar-refractivity contribution >= 4 is 40.7 Å². The van der Waals surface area contributed by atoms with Gasteiger partial charge in [-0.05, 0) is 36.4 Å². The number of aromatic nitrogens is 1. The third-order valence-electron chi connectivity index (χ3n) is 3.53. The van der Waals surface area contributed by atoms with Crippen molar-refractivity contribution < 1.29 is 0 Å². The Kier molecular flexibility index (Phi) is 3.12. The molecule has 94 valence electrons. The fourth-order valence-electron chi connectivity index (χ4n) is 2.42. The molecule has 0 N–H and O–H groups in total. The lowest BCUT2D eigenvalue weighted by molar-refractivity contribution is 0.620. The van der Waals surface area contributed by atoms with Gasteiger partial charge in [-0.1, -0.05) is 17.7 Å².